The van der Waals surface area contributed by atoms with Gasteiger partial charge in [-0.1, -0.05) is 18.2 Å². The molecule has 5 aromatic carbocycles. The van der Waals surface area contributed by atoms with E-state index in [2.05, 4.69) is 24.7 Å². The Hall–Kier alpha value is -5.90. The highest BCUT2D eigenvalue weighted by Gasteiger charge is 2.25. The molecule has 0 radical (unpaired) electrons. The Morgan fingerprint density at radius 1 is 0.820 bits per heavy atom. The van der Waals surface area contributed by atoms with Gasteiger partial charge in [-0.3, -0.25) is 14.8 Å². The molecule has 11 nitrogen and oxygen atoms in total. The average Bonchev–Trinajstić information content (AvgIpc) is 3.55. The standard InChI is InChI=1S/C46H49F2N7O4S2/c1-32-28-42(46(52(32)4)33-10-12-34(47)13-11-33)41-29-38(18-20-43(41)48)54-26-24-53(25-27-54)37-16-14-35(15-17-37)50-61(58,59)40-19-21-44(45(30-40)55(56)57)49-36(22-23-51(2)3)31-60-39-8-6-5-7-9-39/h5-21,28-30,36,49-50H,22-27,31H2,1-4H3/t36-/m1/s1. The Morgan fingerprint density at radius 3 is 2.13 bits per heavy atom. The molecule has 0 aliphatic carbocycles. The third-order valence-electron chi connectivity index (χ3n) is 10.9. The largest absolute Gasteiger partial charge is 0.376 e. The fourth-order valence-corrected chi connectivity index (χ4v) is 9.55. The van der Waals surface area contributed by atoms with Gasteiger partial charge in [-0.2, -0.15) is 0 Å². The number of nitro groups is 1. The minimum atomic E-state index is -4.16. The van der Waals surface area contributed by atoms with Gasteiger partial charge in [-0.15, -0.1) is 11.8 Å². The number of anilines is 4. The van der Waals surface area contributed by atoms with E-state index in [4.69, 9.17) is 0 Å². The van der Waals surface area contributed by atoms with Crippen molar-refractivity contribution in [3.8, 4) is 22.4 Å². The smallest absolute Gasteiger partial charge is 0.293 e. The predicted octanol–water partition coefficient (Wildman–Crippen LogP) is 9.51. The summed E-state index contributed by atoms with van der Waals surface area (Å²) in [5.41, 5.74) is 5.83. The van der Waals surface area contributed by atoms with Gasteiger partial charge in [0.25, 0.3) is 15.7 Å². The molecule has 0 saturated carbocycles. The van der Waals surface area contributed by atoms with E-state index in [0.717, 1.165) is 57.8 Å². The molecule has 1 aliphatic rings. The number of sulfonamides is 1. The molecule has 61 heavy (non-hydrogen) atoms. The van der Waals surface area contributed by atoms with Gasteiger partial charge in [0.05, 0.1) is 15.5 Å². The fourth-order valence-electron chi connectivity index (χ4n) is 7.48. The molecule has 318 valence electrons. The number of thioether (sulfide) groups is 1. The van der Waals surface area contributed by atoms with E-state index in [0.29, 0.717) is 43.2 Å². The summed E-state index contributed by atoms with van der Waals surface area (Å²) in [6.45, 7) is 5.41. The van der Waals surface area contributed by atoms with Crippen LogP contribution in [0.5, 0.6) is 0 Å². The number of nitrogens with one attached hydrogen (secondary N) is 2. The van der Waals surface area contributed by atoms with Crippen molar-refractivity contribution in [2.45, 2.75) is 29.2 Å². The van der Waals surface area contributed by atoms with Crippen molar-refractivity contribution in [3.63, 3.8) is 0 Å². The van der Waals surface area contributed by atoms with Crippen molar-refractivity contribution in [2.24, 2.45) is 7.05 Å². The second-order valence-electron chi connectivity index (χ2n) is 15.4. The van der Waals surface area contributed by atoms with E-state index in [-0.39, 0.29) is 33.9 Å². The molecule has 1 aliphatic heterocycles. The lowest BCUT2D eigenvalue weighted by molar-refractivity contribution is -0.384. The first-order valence-electron chi connectivity index (χ1n) is 20.0. The Kier molecular flexibility index (Phi) is 13.3. The first-order valence-corrected chi connectivity index (χ1v) is 22.4. The molecule has 2 heterocycles. The number of aromatic nitrogens is 1. The summed E-state index contributed by atoms with van der Waals surface area (Å²) >= 11 is 1.65. The quantitative estimate of drug-likeness (QED) is 0.0558. The normalized spacial score (nSPS) is 13.7. The lowest BCUT2D eigenvalue weighted by atomic mass is 9.99. The molecule has 7 rings (SSSR count). The Morgan fingerprint density at radius 2 is 1.48 bits per heavy atom. The zero-order chi connectivity index (χ0) is 43.3. The average molecular weight is 866 g/mol. The van der Waals surface area contributed by atoms with Crippen molar-refractivity contribution in [2.75, 3.05) is 72.4 Å². The molecule has 15 heteroatoms. The van der Waals surface area contributed by atoms with Gasteiger partial charge in [-0.05, 0) is 137 Å². The number of benzene rings is 5. The molecule has 0 bridgehead atoms. The Labute approximate surface area is 360 Å². The highest BCUT2D eigenvalue weighted by Crippen LogP contribution is 2.38. The zero-order valence-corrected chi connectivity index (χ0v) is 36.1. The SMILES string of the molecule is Cc1cc(-c2cc(N3CCN(c4ccc(NS(=O)(=O)c5ccc(N[C@H](CCN(C)C)CSc6ccccc6)c([N+](=O)[O-])c5)cc4)CC3)ccc2F)c(-c2ccc(F)cc2)n1C. The molecule has 0 spiro atoms. The van der Waals surface area contributed by atoms with Crippen molar-refractivity contribution in [1.82, 2.24) is 9.47 Å². The van der Waals surface area contributed by atoms with Gasteiger partial charge in [0, 0.05) is 89.9 Å². The molecular formula is C46H49F2N7O4S2. The molecule has 0 amide bonds. The number of hydrogen-bond donors (Lipinski definition) is 2. The number of halogens is 2. The van der Waals surface area contributed by atoms with Crippen LogP contribution in [-0.2, 0) is 17.1 Å². The maximum atomic E-state index is 15.5. The van der Waals surface area contributed by atoms with Crippen LogP contribution in [0.4, 0.5) is 37.2 Å². The second kappa shape index (κ2) is 18.8. The van der Waals surface area contributed by atoms with Gasteiger partial charge in [0.1, 0.15) is 17.3 Å². The molecule has 1 fully saturated rings. The molecule has 1 atom stereocenters. The minimum absolute atomic E-state index is 0.114. The van der Waals surface area contributed by atoms with E-state index < -0.39 is 14.9 Å². The van der Waals surface area contributed by atoms with Gasteiger partial charge < -0.3 is 24.6 Å². The van der Waals surface area contributed by atoms with Crippen molar-refractivity contribution in [3.05, 3.63) is 149 Å². The first-order chi connectivity index (χ1) is 29.3. The molecule has 1 aromatic heterocycles. The predicted molar refractivity (Wildman–Crippen MR) is 243 cm³/mol. The summed E-state index contributed by atoms with van der Waals surface area (Å²) < 4.78 is 60.9. The Balaban J connectivity index is 0.997. The van der Waals surface area contributed by atoms with Crippen molar-refractivity contribution >= 4 is 50.2 Å². The van der Waals surface area contributed by atoms with Gasteiger partial charge in [0.15, 0.2) is 0 Å². The summed E-state index contributed by atoms with van der Waals surface area (Å²) in [6, 6.07) is 34.1. The number of nitro benzene ring substituents is 1. The lowest BCUT2D eigenvalue weighted by Crippen LogP contribution is -2.46. The Bertz CT molecular complexity index is 2580. The van der Waals surface area contributed by atoms with Crippen LogP contribution < -0.4 is 19.8 Å². The summed E-state index contributed by atoms with van der Waals surface area (Å²) in [5, 5.41) is 15.6. The van der Waals surface area contributed by atoms with Crippen molar-refractivity contribution < 1.29 is 22.1 Å². The second-order valence-corrected chi connectivity index (χ2v) is 18.2. The van der Waals surface area contributed by atoms with E-state index in [1.165, 1.54) is 30.3 Å². The molecule has 2 N–H and O–H groups in total. The van der Waals surface area contributed by atoms with Gasteiger partial charge in [0.2, 0.25) is 0 Å². The van der Waals surface area contributed by atoms with E-state index in [1.807, 2.05) is 87.2 Å². The van der Waals surface area contributed by atoms with E-state index >= 15 is 4.39 Å². The summed E-state index contributed by atoms with van der Waals surface area (Å²) in [7, 11) is 1.70. The molecule has 0 unspecified atom stereocenters. The van der Waals surface area contributed by atoms with E-state index in [1.54, 1.807) is 42.1 Å². The number of aryl methyl sites for hydroxylation is 1. The first kappa shape index (κ1) is 43.2. The van der Waals surface area contributed by atoms with Crippen LogP contribution in [0.3, 0.4) is 0 Å². The van der Waals surface area contributed by atoms with Crippen LogP contribution in [0.25, 0.3) is 22.4 Å². The number of rotatable bonds is 16. The number of nitrogens with zero attached hydrogens (tertiary/aromatic N) is 5. The van der Waals surface area contributed by atoms with Gasteiger partial charge >= 0.3 is 0 Å². The highest BCUT2D eigenvalue weighted by molar-refractivity contribution is 7.99. The summed E-state index contributed by atoms with van der Waals surface area (Å²) in [6.07, 6.45) is 0.725. The molecular weight excluding hydrogens is 817 g/mol. The topological polar surface area (TPSA) is 116 Å². The van der Waals surface area contributed by atoms with Crippen LogP contribution in [-0.4, -0.2) is 81.4 Å². The van der Waals surface area contributed by atoms with Crippen LogP contribution in [0.1, 0.15) is 12.1 Å². The van der Waals surface area contributed by atoms with Crippen molar-refractivity contribution in [1.29, 1.82) is 0 Å². The zero-order valence-electron chi connectivity index (χ0n) is 34.5. The molecule has 1 saturated heterocycles. The summed E-state index contributed by atoms with van der Waals surface area (Å²) in [4.78, 5) is 19.0. The van der Waals surface area contributed by atoms with Crippen LogP contribution in [0, 0.1) is 28.7 Å². The third-order valence-corrected chi connectivity index (χ3v) is 13.5. The third kappa shape index (κ3) is 10.4. The summed E-state index contributed by atoms with van der Waals surface area (Å²) in [5.74, 6) is -0.0136. The fraction of sp³-hybridized carbons (Fsp3) is 0.261. The molecule has 6 aromatic rings. The number of hydrogen-bond acceptors (Lipinski definition) is 9. The highest BCUT2D eigenvalue weighted by atomic mass is 32.2. The van der Waals surface area contributed by atoms with Crippen LogP contribution >= 0.6 is 11.8 Å². The van der Waals surface area contributed by atoms with E-state index in [9.17, 15) is 22.9 Å². The maximum absolute atomic E-state index is 15.5. The maximum Gasteiger partial charge on any atom is 0.293 e. The van der Waals surface area contributed by atoms with Crippen LogP contribution in [0.2, 0.25) is 0 Å². The number of piperazine rings is 1. The monoisotopic (exact) mass is 865 g/mol. The van der Waals surface area contributed by atoms with Crippen LogP contribution in [0.15, 0.2) is 131 Å². The minimum Gasteiger partial charge on any atom is -0.376 e. The lowest BCUT2D eigenvalue weighted by Gasteiger charge is -2.37. The van der Waals surface area contributed by atoms with Gasteiger partial charge in [-0.25, -0.2) is 17.2 Å².